The van der Waals surface area contributed by atoms with E-state index in [0.717, 1.165) is 19.3 Å². The van der Waals surface area contributed by atoms with Crippen LogP contribution in [0.15, 0.2) is 18.2 Å². The van der Waals surface area contributed by atoms with Gasteiger partial charge in [-0.25, -0.2) is 14.6 Å². The number of nitrogens with zero attached hydrogens (tertiary/aromatic N) is 1. The maximum atomic E-state index is 12.2. The average Bonchev–Trinajstić information content (AvgIpc) is 2.69. The Bertz CT molecular complexity index is 573. The smallest absolute Gasteiger partial charge is 0.357 e. The molecule has 0 aliphatic rings. The standard InChI is InChI=1S/C22H35NO4/c1-5-7-8-9-10-11-12-16-26-21(24)19-14-13-15-20(23-19)22(25)27-18(4)17(3)6-2/h13-15,17-18H,5-12,16H2,1-4H3. The van der Waals surface area contributed by atoms with E-state index in [-0.39, 0.29) is 23.4 Å². The van der Waals surface area contributed by atoms with E-state index in [4.69, 9.17) is 9.47 Å². The summed E-state index contributed by atoms with van der Waals surface area (Å²) in [4.78, 5) is 28.5. The van der Waals surface area contributed by atoms with Gasteiger partial charge in [-0.1, -0.05) is 71.8 Å². The fourth-order valence-corrected chi connectivity index (χ4v) is 2.64. The monoisotopic (exact) mass is 377 g/mol. The highest BCUT2D eigenvalue weighted by Crippen LogP contribution is 2.13. The van der Waals surface area contributed by atoms with Gasteiger partial charge in [0.05, 0.1) is 6.61 Å². The lowest BCUT2D eigenvalue weighted by Crippen LogP contribution is -2.22. The quantitative estimate of drug-likeness (QED) is 0.331. The van der Waals surface area contributed by atoms with Crippen LogP contribution in [-0.2, 0) is 9.47 Å². The molecule has 27 heavy (non-hydrogen) atoms. The summed E-state index contributed by atoms with van der Waals surface area (Å²) in [7, 11) is 0. The third-order valence-electron chi connectivity index (χ3n) is 4.89. The van der Waals surface area contributed by atoms with Gasteiger partial charge in [0.15, 0.2) is 0 Å². The Hall–Kier alpha value is -1.91. The summed E-state index contributed by atoms with van der Waals surface area (Å²) < 4.78 is 10.7. The zero-order valence-electron chi connectivity index (χ0n) is 17.3. The molecule has 1 heterocycles. The molecular formula is C22H35NO4. The summed E-state index contributed by atoms with van der Waals surface area (Å²) in [6, 6.07) is 4.74. The molecule has 1 rings (SSSR count). The Balaban J connectivity index is 2.41. The average molecular weight is 378 g/mol. The molecule has 0 saturated heterocycles. The van der Waals surface area contributed by atoms with Gasteiger partial charge in [0.1, 0.15) is 17.5 Å². The number of carbonyl (C=O) groups excluding carboxylic acids is 2. The molecule has 0 amide bonds. The second kappa shape index (κ2) is 13.3. The van der Waals surface area contributed by atoms with E-state index in [1.807, 2.05) is 13.8 Å². The summed E-state index contributed by atoms with van der Waals surface area (Å²) in [5, 5.41) is 0. The number of pyridine rings is 1. The summed E-state index contributed by atoms with van der Waals surface area (Å²) >= 11 is 0. The molecule has 1 aromatic rings. The molecule has 0 saturated carbocycles. The number of esters is 2. The Morgan fingerprint density at radius 2 is 1.52 bits per heavy atom. The molecule has 5 nitrogen and oxygen atoms in total. The predicted octanol–water partition coefficient (Wildman–Crippen LogP) is 5.58. The molecule has 1 aromatic heterocycles. The SMILES string of the molecule is CCCCCCCCCOC(=O)c1cccc(C(=O)OC(C)C(C)CC)n1. The molecule has 0 aliphatic carbocycles. The number of rotatable bonds is 13. The van der Waals surface area contributed by atoms with Crippen LogP contribution in [0.3, 0.4) is 0 Å². The fraction of sp³-hybridized carbons (Fsp3) is 0.682. The summed E-state index contributed by atoms with van der Waals surface area (Å²) in [5.41, 5.74) is 0.277. The van der Waals surface area contributed by atoms with E-state index in [0.29, 0.717) is 6.61 Å². The minimum absolute atomic E-state index is 0.135. The lowest BCUT2D eigenvalue weighted by molar-refractivity contribution is 0.0206. The minimum Gasteiger partial charge on any atom is -0.461 e. The van der Waals surface area contributed by atoms with E-state index in [9.17, 15) is 9.59 Å². The van der Waals surface area contributed by atoms with E-state index in [1.165, 1.54) is 32.1 Å². The van der Waals surface area contributed by atoms with Gasteiger partial charge in [-0.3, -0.25) is 0 Å². The van der Waals surface area contributed by atoms with E-state index in [2.05, 4.69) is 18.8 Å². The van der Waals surface area contributed by atoms with Crippen molar-refractivity contribution in [3.63, 3.8) is 0 Å². The molecular weight excluding hydrogens is 342 g/mol. The Morgan fingerprint density at radius 3 is 2.15 bits per heavy atom. The maximum Gasteiger partial charge on any atom is 0.357 e. The van der Waals surface area contributed by atoms with Gasteiger partial charge in [-0.05, 0) is 31.4 Å². The fourth-order valence-electron chi connectivity index (χ4n) is 2.64. The highest BCUT2D eigenvalue weighted by Gasteiger charge is 2.19. The van der Waals surface area contributed by atoms with Gasteiger partial charge in [-0.2, -0.15) is 0 Å². The zero-order chi connectivity index (χ0) is 20.1. The molecule has 2 atom stereocenters. The number of ether oxygens (including phenoxy) is 2. The first-order valence-electron chi connectivity index (χ1n) is 10.3. The molecule has 0 aromatic carbocycles. The highest BCUT2D eigenvalue weighted by atomic mass is 16.5. The van der Waals surface area contributed by atoms with Crippen LogP contribution in [0.25, 0.3) is 0 Å². The topological polar surface area (TPSA) is 65.5 Å². The van der Waals surface area contributed by atoms with Crippen LogP contribution in [-0.4, -0.2) is 29.6 Å². The van der Waals surface area contributed by atoms with Crippen molar-refractivity contribution in [2.45, 2.75) is 85.2 Å². The Kier molecular flexibility index (Phi) is 11.4. The first-order valence-corrected chi connectivity index (χ1v) is 10.3. The number of aromatic nitrogens is 1. The van der Waals surface area contributed by atoms with E-state index < -0.39 is 11.9 Å². The summed E-state index contributed by atoms with van der Waals surface area (Å²) in [6.07, 6.45) is 8.86. The van der Waals surface area contributed by atoms with Crippen LogP contribution >= 0.6 is 0 Å². The van der Waals surface area contributed by atoms with Crippen LogP contribution in [0.5, 0.6) is 0 Å². The van der Waals surface area contributed by atoms with Crippen molar-refractivity contribution in [2.24, 2.45) is 5.92 Å². The normalized spacial score (nSPS) is 13.0. The third kappa shape index (κ3) is 9.03. The first kappa shape index (κ1) is 23.1. The third-order valence-corrected chi connectivity index (χ3v) is 4.89. The zero-order valence-corrected chi connectivity index (χ0v) is 17.3. The molecule has 152 valence electrons. The maximum absolute atomic E-state index is 12.2. The molecule has 0 bridgehead atoms. The van der Waals surface area contributed by atoms with E-state index in [1.54, 1.807) is 18.2 Å². The van der Waals surface area contributed by atoms with Crippen molar-refractivity contribution in [2.75, 3.05) is 6.61 Å². The van der Waals surface area contributed by atoms with Crippen molar-refractivity contribution < 1.29 is 19.1 Å². The van der Waals surface area contributed by atoms with Gasteiger partial charge < -0.3 is 9.47 Å². The minimum atomic E-state index is -0.510. The van der Waals surface area contributed by atoms with Crippen LogP contribution in [0.2, 0.25) is 0 Å². The van der Waals surface area contributed by atoms with Crippen LogP contribution < -0.4 is 0 Å². The van der Waals surface area contributed by atoms with Gasteiger partial charge in [0.2, 0.25) is 0 Å². The number of hydrogen-bond donors (Lipinski definition) is 0. The van der Waals surface area contributed by atoms with Gasteiger partial charge in [0, 0.05) is 0 Å². The molecule has 0 fully saturated rings. The molecule has 0 N–H and O–H groups in total. The van der Waals surface area contributed by atoms with Crippen molar-refractivity contribution in [1.29, 1.82) is 0 Å². The predicted molar refractivity (Wildman–Crippen MR) is 107 cm³/mol. The highest BCUT2D eigenvalue weighted by molar-refractivity contribution is 5.91. The molecule has 0 radical (unpaired) electrons. The van der Waals surface area contributed by atoms with Gasteiger partial charge in [-0.15, -0.1) is 0 Å². The van der Waals surface area contributed by atoms with Crippen molar-refractivity contribution in [3.8, 4) is 0 Å². The molecule has 0 aliphatic heterocycles. The number of carbonyl (C=O) groups is 2. The van der Waals surface area contributed by atoms with Crippen LogP contribution in [0, 0.1) is 5.92 Å². The molecule has 2 unspecified atom stereocenters. The van der Waals surface area contributed by atoms with Crippen molar-refractivity contribution >= 4 is 11.9 Å². The van der Waals surface area contributed by atoms with Gasteiger partial charge >= 0.3 is 11.9 Å². The lowest BCUT2D eigenvalue weighted by Gasteiger charge is -2.18. The van der Waals surface area contributed by atoms with Crippen LogP contribution in [0.4, 0.5) is 0 Å². The summed E-state index contributed by atoms with van der Waals surface area (Å²) in [5.74, 6) is -0.737. The largest absolute Gasteiger partial charge is 0.461 e. The summed E-state index contributed by atoms with van der Waals surface area (Å²) in [6.45, 7) is 8.53. The lowest BCUT2D eigenvalue weighted by atomic mass is 10.0. The number of hydrogen-bond acceptors (Lipinski definition) is 5. The first-order chi connectivity index (χ1) is 13.0. The second-order valence-electron chi connectivity index (χ2n) is 7.16. The molecule has 0 spiro atoms. The van der Waals surface area contributed by atoms with Gasteiger partial charge in [0.25, 0.3) is 0 Å². The van der Waals surface area contributed by atoms with Crippen molar-refractivity contribution in [3.05, 3.63) is 29.6 Å². The van der Waals surface area contributed by atoms with Crippen LogP contribution in [0.1, 0.15) is 100 Å². The Morgan fingerprint density at radius 1 is 0.926 bits per heavy atom. The number of unbranched alkanes of at least 4 members (excludes halogenated alkanes) is 6. The van der Waals surface area contributed by atoms with Crippen molar-refractivity contribution in [1.82, 2.24) is 4.98 Å². The Labute approximate surface area is 163 Å². The van der Waals surface area contributed by atoms with E-state index >= 15 is 0 Å². The second-order valence-corrected chi connectivity index (χ2v) is 7.16. The molecule has 5 heteroatoms.